The molecule has 4 heteroatoms. The van der Waals surface area contributed by atoms with Crippen molar-refractivity contribution in [2.24, 2.45) is 0 Å². The fourth-order valence-electron chi connectivity index (χ4n) is 2.21. The van der Waals surface area contributed by atoms with E-state index >= 15 is 0 Å². The fraction of sp³-hybridized carbons (Fsp3) is 0.438. The van der Waals surface area contributed by atoms with Gasteiger partial charge in [0.15, 0.2) is 0 Å². The van der Waals surface area contributed by atoms with Crippen molar-refractivity contribution in [2.45, 2.75) is 46.0 Å². The Morgan fingerprint density at radius 3 is 2.55 bits per heavy atom. The molecule has 0 amide bonds. The van der Waals surface area contributed by atoms with Crippen molar-refractivity contribution in [3.05, 3.63) is 44.9 Å². The number of para-hydroxylation sites is 1. The van der Waals surface area contributed by atoms with Gasteiger partial charge >= 0.3 is 0 Å². The summed E-state index contributed by atoms with van der Waals surface area (Å²) in [5, 5.41) is 1.04. The Hall–Kier alpha value is -1.00. The zero-order valence-corrected chi connectivity index (χ0v) is 14.0. The van der Waals surface area contributed by atoms with Gasteiger partial charge in [-0.2, -0.15) is 12.6 Å². The number of benzene rings is 1. The van der Waals surface area contributed by atoms with Crippen LogP contribution >= 0.6 is 24.0 Å². The average Bonchev–Trinajstić information content (AvgIpc) is 2.81. The fourth-order valence-corrected chi connectivity index (χ4v) is 3.48. The molecule has 0 aliphatic rings. The molecule has 0 saturated heterocycles. The second kappa shape index (κ2) is 7.14. The molecule has 0 spiro atoms. The first-order valence-corrected chi connectivity index (χ1v) is 8.38. The van der Waals surface area contributed by atoms with E-state index in [1.165, 1.54) is 21.7 Å². The molecule has 0 N–H and O–H groups in total. The molecule has 0 unspecified atom stereocenters. The van der Waals surface area contributed by atoms with Gasteiger partial charge in [-0.15, -0.1) is 11.3 Å². The van der Waals surface area contributed by atoms with Crippen LogP contribution in [0.3, 0.4) is 0 Å². The Morgan fingerprint density at radius 2 is 1.95 bits per heavy atom. The minimum atomic E-state index is 0.543. The van der Waals surface area contributed by atoms with Gasteiger partial charge in [0, 0.05) is 10.6 Å². The zero-order valence-electron chi connectivity index (χ0n) is 12.3. The van der Waals surface area contributed by atoms with E-state index < -0.39 is 0 Å². The Labute approximate surface area is 130 Å². The van der Waals surface area contributed by atoms with E-state index in [2.05, 4.69) is 56.6 Å². The van der Waals surface area contributed by atoms with Crippen molar-refractivity contribution in [1.82, 2.24) is 4.98 Å². The van der Waals surface area contributed by atoms with Crippen LogP contribution in [0.2, 0.25) is 0 Å². The number of thiazole rings is 1. The Morgan fingerprint density at radius 1 is 1.25 bits per heavy atom. The Bertz CT molecular complexity index is 558. The number of hydrogen-bond acceptors (Lipinski definition) is 4. The standard InChI is InChI=1S/C16H21NOS2/c1-4-6-13-14(10-19)20-15(17-13)9-18-16-11(2)7-5-8-12(16)3/h5,7-8,19H,4,6,9-10H2,1-3H3. The lowest BCUT2D eigenvalue weighted by Crippen LogP contribution is -1.99. The summed E-state index contributed by atoms with van der Waals surface area (Å²) < 4.78 is 5.97. The highest BCUT2D eigenvalue weighted by atomic mass is 32.1. The molecule has 0 saturated carbocycles. The van der Waals surface area contributed by atoms with Crippen molar-refractivity contribution >= 4 is 24.0 Å². The normalized spacial score (nSPS) is 10.8. The smallest absolute Gasteiger partial charge is 0.140 e. The summed E-state index contributed by atoms with van der Waals surface area (Å²) >= 11 is 6.10. The molecular weight excluding hydrogens is 286 g/mol. The van der Waals surface area contributed by atoms with Crippen molar-refractivity contribution in [3.8, 4) is 5.75 Å². The first-order valence-electron chi connectivity index (χ1n) is 6.93. The van der Waals surface area contributed by atoms with Crippen LogP contribution in [0, 0.1) is 13.8 Å². The maximum atomic E-state index is 5.97. The Kier molecular flexibility index (Phi) is 5.49. The minimum Gasteiger partial charge on any atom is -0.486 e. The van der Waals surface area contributed by atoms with Crippen molar-refractivity contribution < 1.29 is 4.74 Å². The second-order valence-electron chi connectivity index (χ2n) is 4.90. The summed E-state index contributed by atoms with van der Waals surface area (Å²) in [6.07, 6.45) is 2.14. The molecule has 1 aromatic carbocycles. The number of thiol groups is 1. The average molecular weight is 307 g/mol. The largest absolute Gasteiger partial charge is 0.486 e. The van der Waals surface area contributed by atoms with Crippen molar-refractivity contribution in [1.29, 1.82) is 0 Å². The van der Waals surface area contributed by atoms with Gasteiger partial charge in [-0.05, 0) is 31.4 Å². The van der Waals surface area contributed by atoms with Crippen LogP contribution < -0.4 is 4.74 Å². The molecular formula is C16H21NOS2. The van der Waals surface area contributed by atoms with E-state index in [0.717, 1.165) is 29.4 Å². The predicted octanol–water partition coefficient (Wildman–Crippen LogP) is 4.72. The number of rotatable bonds is 6. The van der Waals surface area contributed by atoms with E-state index in [9.17, 15) is 0 Å². The first kappa shape index (κ1) is 15.4. The summed E-state index contributed by atoms with van der Waals surface area (Å²) in [5.74, 6) is 1.74. The third-order valence-electron chi connectivity index (χ3n) is 3.20. The summed E-state index contributed by atoms with van der Waals surface area (Å²) in [7, 11) is 0. The monoisotopic (exact) mass is 307 g/mol. The lowest BCUT2D eigenvalue weighted by atomic mass is 10.1. The SMILES string of the molecule is CCCc1nc(COc2c(C)cccc2C)sc1CS. The minimum absolute atomic E-state index is 0.543. The molecule has 0 fully saturated rings. The maximum absolute atomic E-state index is 5.97. The lowest BCUT2D eigenvalue weighted by Gasteiger charge is -2.10. The molecule has 0 bridgehead atoms. The van der Waals surface area contributed by atoms with Crippen LogP contribution in [0.1, 0.15) is 40.1 Å². The van der Waals surface area contributed by atoms with E-state index in [-0.39, 0.29) is 0 Å². The van der Waals surface area contributed by atoms with Gasteiger partial charge in [-0.3, -0.25) is 0 Å². The van der Waals surface area contributed by atoms with Gasteiger partial charge in [-0.25, -0.2) is 4.98 Å². The molecule has 108 valence electrons. The molecule has 0 aliphatic heterocycles. The summed E-state index contributed by atoms with van der Waals surface area (Å²) in [6.45, 7) is 6.87. The highest BCUT2D eigenvalue weighted by molar-refractivity contribution is 7.79. The molecule has 0 aliphatic carbocycles. The van der Waals surface area contributed by atoms with Gasteiger partial charge in [0.25, 0.3) is 0 Å². The van der Waals surface area contributed by atoms with Crippen LogP contribution in [0.5, 0.6) is 5.75 Å². The number of nitrogens with zero attached hydrogens (tertiary/aromatic N) is 1. The third kappa shape index (κ3) is 3.55. The van der Waals surface area contributed by atoms with Crippen LogP contribution in [-0.2, 0) is 18.8 Å². The van der Waals surface area contributed by atoms with E-state index in [0.29, 0.717) is 6.61 Å². The number of hydrogen-bond donors (Lipinski definition) is 1. The van der Waals surface area contributed by atoms with Crippen molar-refractivity contribution in [2.75, 3.05) is 0 Å². The van der Waals surface area contributed by atoms with Crippen LogP contribution in [0.15, 0.2) is 18.2 Å². The van der Waals surface area contributed by atoms with Crippen molar-refractivity contribution in [3.63, 3.8) is 0 Å². The molecule has 1 heterocycles. The number of ether oxygens (including phenoxy) is 1. The van der Waals surface area contributed by atoms with Gasteiger partial charge in [0.1, 0.15) is 17.4 Å². The number of aryl methyl sites for hydroxylation is 3. The van der Waals surface area contributed by atoms with Gasteiger partial charge < -0.3 is 4.74 Å². The molecule has 0 atom stereocenters. The van der Waals surface area contributed by atoms with Gasteiger partial charge in [0.2, 0.25) is 0 Å². The van der Waals surface area contributed by atoms with E-state index in [1.54, 1.807) is 11.3 Å². The van der Waals surface area contributed by atoms with Crippen LogP contribution in [-0.4, -0.2) is 4.98 Å². The molecule has 2 rings (SSSR count). The summed E-state index contributed by atoms with van der Waals surface area (Å²) in [5.41, 5.74) is 3.53. The maximum Gasteiger partial charge on any atom is 0.140 e. The highest BCUT2D eigenvalue weighted by Gasteiger charge is 2.11. The van der Waals surface area contributed by atoms with E-state index in [4.69, 9.17) is 4.74 Å². The predicted molar refractivity (Wildman–Crippen MR) is 89.0 cm³/mol. The van der Waals surface area contributed by atoms with Crippen LogP contribution in [0.4, 0.5) is 0 Å². The summed E-state index contributed by atoms with van der Waals surface area (Å²) in [4.78, 5) is 5.96. The quantitative estimate of drug-likeness (QED) is 0.780. The second-order valence-corrected chi connectivity index (χ2v) is 6.38. The topological polar surface area (TPSA) is 22.1 Å². The number of aromatic nitrogens is 1. The molecule has 20 heavy (non-hydrogen) atoms. The third-order valence-corrected chi connectivity index (χ3v) is 4.80. The lowest BCUT2D eigenvalue weighted by molar-refractivity contribution is 0.301. The van der Waals surface area contributed by atoms with Gasteiger partial charge in [0.05, 0.1) is 5.69 Å². The Balaban J connectivity index is 2.11. The molecule has 1 aromatic heterocycles. The first-order chi connectivity index (χ1) is 9.65. The zero-order chi connectivity index (χ0) is 14.5. The van der Waals surface area contributed by atoms with Gasteiger partial charge in [-0.1, -0.05) is 31.5 Å². The highest BCUT2D eigenvalue weighted by Crippen LogP contribution is 2.26. The van der Waals surface area contributed by atoms with Crippen LogP contribution in [0.25, 0.3) is 0 Å². The molecule has 2 aromatic rings. The summed E-state index contributed by atoms with van der Waals surface area (Å²) in [6, 6.07) is 6.21. The molecule has 2 nitrogen and oxygen atoms in total. The molecule has 0 radical (unpaired) electrons. The van der Waals surface area contributed by atoms with E-state index in [1.807, 2.05) is 0 Å².